The summed E-state index contributed by atoms with van der Waals surface area (Å²) < 4.78 is 5.84. The molecule has 0 amide bonds. The standard InChI is InChI=1S/C12H21N3OS/c1-5-12(4)8-15(6-7-16-12)11-14-13-10(17-11)9(2)3/h9H,5-8H2,1-4H3. The van der Waals surface area contributed by atoms with Gasteiger partial charge in [0.15, 0.2) is 0 Å². The van der Waals surface area contributed by atoms with Crippen LogP contribution in [0.1, 0.15) is 45.0 Å². The summed E-state index contributed by atoms with van der Waals surface area (Å²) in [6.45, 7) is 11.3. The van der Waals surface area contributed by atoms with Crippen LogP contribution in [0.5, 0.6) is 0 Å². The Hall–Kier alpha value is -0.680. The van der Waals surface area contributed by atoms with E-state index in [4.69, 9.17) is 4.74 Å². The minimum atomic E-state index is -0.0398. The number of ether oxygens (including phenoxy) is 1. The number of rotatable bonds is 3. The molecule has 0 aliphatic carbocycles. The Labute approximate surface area is 107 Å². The van der Waals surface area contributed by atoms with E-state index in [-0.39, 0.29) is 5.60 Å². The largest absolute Gasteiger partial charge is 0.372 e. The number of anilines is 1. The van der Waals surface area contributed by atoms with Gasteiger partial charge in [0, 0.05) is 19.0 Å². The first kappa shape index (κ1) is 12.8. The van der Waals surface area contributed by atoms with Gasteiger partial charge in [-0.1, -0.05) is 32.1 Å². The molecular weight excluding hydrogens is 234 g/mol. The van der Waals surface area contributed by atoms with E-state index in [0.29, 0.717) is 5.92 Å². The van der Waals surface area contributed by atoms with Gasteiger partial charge >= 0.3 is 0 Å². The van der Waals surface area contributed by atoms with Gasteiger partial charge in [-0.25, -0.2) is 0 Å². The zero-order chi connectivity index (χ0) is 12.5. The van der Waals surface area contributed by atoms with E-state index in [1.165, 1.54) is 0 Å². The molecule has 0 radical (unpaired) electrons. The van der Waals surface area contributed by atoms with Gasteiger partial charge in [0.2, 0.25) is 5.13 Å². The van der Waals surface area contributed by atoms with E-state index in [1.807, 2.05) is 0 Å². The molecule has 96 valence electrons. The van der Waals surface area contributed by atoms with Crippen LogP contribution in [0.15, 0.2) is 0 Å². The second-order valence-corrected chi connectivity index (χ2v) is 6.14. The fourth-order valence-electron chi connectivity index (χ4n) is 1.90. The molecule has 0 bridgehead atoms. The maximum absolute atomic E-state index is 5.84. The van der Waals surface area contributed by atoms with Crippen molar-refractivity contribution in [3.05, 3.63) is 5.01 Å². The topological polar surface area (TPSA) is 38.2 Å². The Balaban J connectivity index is 2.11. The monoisotopic (exact) mass is 255 g/mol. The van der Waals surface area contributed by atoms with Crippen LogP contribution >= 0.6 is 11.3 Å². The van der Waals surface area contributed by atoms with Gasteiger partial charge in [-0.05, 0) is 13.3 Å². The number of morpholine rings is 1. The van der Waals surface area contributed by atoms with Gasteiger partial charge in [-0.2, -0.15) is 0 Å². The van der Waals surface area contributed by atoms with Crippen molar-refractivity contribution in [3.63, 3.8) is 0 Å². The number of aromatic nitrogens is 2. The van der Waals surface area contributed by atoms with E-state index in [1.54, 1.807) is 11.3 Å². The lowest BCUT2D eigenvalue weighted by molar-refractivity contribution is -0.0441. The summed E-state index contributed by atoms with van der Waals surface area (Å²) in [6, 6.07) is 0. The van der Waals surface area contributed by atoms with E-state index < -0.39 is 0 Å². The molecule has 0 saturated carbocycles. The van der Waals surface area contributed by atoms with Crippen LogP contribution in [0.3, 0.4) is 0 Å². The fourth-order valence-corrected chi connectivity index (χ4v) is 2.77. The maximum Gasteiger partial charge on any atom is 0.208 e. The van der Waals surface area contributed by atoms with Crippen molar-refractivity contribution >= 4 is 16.5 Å². The van der Waals surface area contributed by atoms with Crippen molar-refractivity contribution in [2.24, 2.45) is 0 Å². The van der Waals surface area contributed by atoms with Crippen molar-refractivity contribution in [1.29, 1.82) is 0 Å². The molecule has 1 unspecified atom stereocenters. The first-order valence-corrected chi connectivity index (χ1v) is 7.08. The van der Waals surface area contributed by atoms with Crippen LogP contribution in [0, 0.1) is 0 Å². The van der Waals surface area contributed by atoms with Crippen molar-refractivity contribution in [2.75, 3.05) is 24.6 Å². The second kappa shape index (κ2) is 4.90. The van der Waals surface area contributed by atoms with Gasteiger partial charge in [-0.3, -0.25) is 0 Å². The van der Waals surface area contributed by atoms with Crippen molar-refractivity contribution in [3.8, 4) is 0 Å². The molecule has 2 rings (SSSR count). The third-order valence-corrected chi connectivity index (χ3v) is 4.56. The Kier molecular flexibility index (Phi) is 3.68. The molecule has 4 nitrogen and oxygen atoms in total. The zero-order valence-corrected chi connectivity index (χ0v) is 11.9. The SMILES string of the molecule is CCC1(C)CN(c2nnc(C(C)C)s2)CCO1. The van der Waals surface area contributed by atoms with Crippen molar-refractivity contribution in [1.82, 2.24) is 10.2 Å². The summed E-state index contributed by atoms with van der Waals surface area (Å²) in [5.41, 5.74) is -0.0398. The summed E-state index contributed by atoms with van der Waals surface area (Å²) >= 11 is 1.71. The molecule has 17 heavy (non-hydrogen) atoms. The molecule has 5 heteroatoms. The Morgan fingerprint density at radius 1 is 1.47 bits per heavy atom. The Bertz CT molecular complexity index is 380. The predicted octanol–water partition coefficient (Wildman–Crippen LogP) is 2.67. The number of hydrogen-bond acceptors (Lipinski definition) is 5. The molecule has 1 atom stereocenters. The quantitative estimate of drug-likeness (QED) is 0.832. The van der Waals surface area contributed by atoms with Crippen molar-refractivity contribution in [2.45, 2.75) is 45.6 Å². The van der Waals surface area contributed by atoms with E-state index in [0.717, 1.165) is 36.3 Å². The predicted molar refractivity (Wildman–Crippen MR) is 70.9 cm³/mol. The van der Waals surface area contributed by atoms with Crippen LogP contribution in [0.2, 0.25) is 0 Å². The zero-order valence-electron chi connectivity index (χ0n) is 11.1. The first-order chi connectivity index (χ1) is 8.04. The second-order valence-electron chi connectivity index (χ2n) is 5.15. The third-order valence-electron chi connectivity index (χ3n) is 3.28. The number of hydrogen-bond donors (Lipinski definition) is 0. The molecular formula is C12H21N3OS. The highest BCUT2D eigenvalue weighted by Crippen LogP contribution is 2.29. The maximum atomic E-state index is 5.84. The van der Waals surface area contributed by atoms with Gasteiger partial charge in [-0.15, -0.1) is 10.2 Å². The lowest BCUT2D eigenvalue weighted by Crippen LogP contribution is -2.49. The van der Waals surface area contributed by atoms with Crippen LogP contribution in [-0.4, -0.2) is 35.5 Å². The molecule has 2 heterocycles. The average Bonchev–Trinajstić information content (AvgIpc) is 2.78. The third kappa shape index (κ3) is 2.77. The molecule has 1 fully saturated rings. The first-order valence-electron chi connectivity index (χ1n) is 6.26. The molecule has 0 N–H and O–H groups in total. The van der Waals surface area contributed by atoms with Crippen LogP contribution < -0.4 is 4.90 Å². The molecule has 0 aromatic carbocycles. The minimum absolute atomic E-state index is 0.0398. The fraction of sp³-hybridized carbons (Fsp3) is 0.833. The van der Waals surface area contributed by atoms with E-state index in [2.05, 4.69) is 42.8 Å². The lowest BCUT2D eigenvalue weighted by atomic mass is 10.0. The summed E-state index contributed by atoms with van der Waals surface area (Å²) in [5, 5.41) is 10.7. The summed E-state index contributed by atoms with van der Waals surface area (Å²) in [5.74, 6) is 0.458. The smallest absolute Gasteiger partial charge is 0.208 e. The normalized spacial score (nSPS) is 25.6. The molecule has 1 aliphatic heterocycles. The van der Waals surface area contributed by atoms with Crippen LogP contribution in [-0.2, 0) is 4.74 Å². The highest BCUT2D eigenvalue weighted by atomic mass is 32.1. The molecule has 1 aliphatic rings. The van der Waals surface area contributed by atoms with Gasteiger partial charge in [0.1, 0.15) is 5.01 Å². The van der Waals surface area contributed by atoms with Crippen LogP contribution in [0.25, 0.3) is 0 Å². The van der Waals surface area contributed by atoms with E-state index >= 15 is 0 Å². The summed E-state index contributed by atoms with van der Waals surface area (Å²) in [7, 11) is 0. The molecule has 0 spiro atoms. The average molecular weight is 255 g/mol. The van der Waals surface area contributed by atoms with Crippen molar-refractivity contribution < 1.29 is 4.74 Å². The Morgan fingerprint density at radius 3 is 2.82 bits per heavy atom. The minimum Gasteiger partial charge on any atom is -0.372 e. The molecule has 1 saturated heterocycles. The van der Waals surface area contributed by atoms with Gasteiger partial charge < -0.3 is 9.64 Å². The summed E-state index contributed by atoms with van der Waals surface area (Å²) in [4.78, 5) is 2.30. The van der Waals surface area contributed by atoms with Gasteiger partial charge in [0.25, 0.3) is 0 Å². The highest BCUT2D eigenvalue weighted by molar-refractivity contribution is 7.15. The lowest BCUT2D eigenvalue weighted by Gasteiger charge is -2.39. The Morgan fingerprint density at radius 2 is 2.24 bits per heavy atom. The molecule has 1 aromatic heterocycles. The summed E-state index contributed by atoms with van der Waals surface area (Å²) in [6.07, 6.45) is 1.03. The van der Waals surface area contributed by atoms with E-state index in [9.17, 15) is 0 Å². The van der Waals surface area contributed by atoms with Crippen LogP contribution in [0.4, 0.5) is 5.13 Å². The molecule has 1 aromatic rings. The number of nitrogens with zero attached hydrogens (tertiary/aromatic N) is 3. The van der Waals surface area contributed by atoms with Gasteiger partial charge in [0.05, 0.1) is 12.2 Å². The highest BCUT2D eigenvalue weighted by Gasteiger charge is 2.31.